The number of rotatable bonds is 4. The van der Waals surface area contributed by atoms with E-state index in [1.807, 2.05) is 23.1 Å². The van der Waals surface area contributed by atoms with Crippen molar-refractivity contribution in [2.75, 3.05) is 44.2 Å². The first-order chi connectivity index (χ1) is 13.4. The average molecular weight is 421 g/mol. The zero-order valence-electron chi connectivity index (χ0n) is 15.5. The number of fused-ring (bicyclic) bond motifs is 1. The zero-order valence-corrected chi connectivity index (χ0v) is 17.0. The Morgan fingerprint density at radius 2 is 1.79 bits per heavy atom. The van der Waals surface area contributed by atoms with Crippen LogP contribution in [0, 0.1) is 0 Å². The Bertz CT molecular complexity index is 988. The Morgan fingerprint density at radius 1 is 1.04 bits per heavy atom. The number of carbonyl (C=O) groups is 1. The molecule has 2 heterocycles. The van der Waals surface area contributed by atoms with E-state index in [2.05, 4.69) is 6.07 Å². The molecule has 2 aliphatic rings. The Hall–Kier alpha value is -1.93. The Balaban J connectivity index is 1.36. The number of sulfonamides is 1. The van der Waals surface area contributed by atoms with Crippen LogP contribution >= 0.6 is 11.6 Å². The highest BCUT2D eigenvalue weighted by Crippen LogP contribution is 2.27. The minimum atomic E-state index is -3.55. The summed E-state index contributed by atoms with van der Waals surface area (Å²) in [5.41, 5.74) is 2.22. The van der Waals surface area contributed by atoms with E-state index in [1.54, 1.807) is 18.2 Å². The fourth-order valence-corrected chi connectivity index (χ4v) is 5.65. The van der Waals surface area contributed by atoms with Crippen LogP contribution in [0.5, 0.6) is 0 Å². The summed E-state index contributed by atoms with van der Waals surface area (Å²) in [6.07, 6.45) is 0.892. The molecule has 0 unspecified atom stereocenters. The van der Waals surface area contributed by atoms with Crippen molar-refractivity contribution in [3.63, 3.8) is 0 Å². The maximum atomic E-state index is 12.8. The highest BCUT2D eigenvalue weighted by Gasteiger charge is 2.33. The van der Waals surface area contributed by atoms with Crippen LogP contribution in [-0.4, -0.2) is 57.9 Å². The number of para-hydroxylation sites is 1. The second-order valence-electron chi connectivity index (χ2n) is 7.21. The van der Waals surface area contributed by atoms with Gasteiger partial charge >= 0.3 is 0 Å². The molecule has 0 aliphatic carbocycles. The van der Waals surface area contributed by atoms with Crippen LogP contribution in [0.25, 0.3) is 0 Å². The van der Waals surface area contributed by atoms with Crippen molar-refractivity contribution in [2.45, 2.75) is 11.3 Å². The van der Waals surface area contributed by atoms with Gasteiger partial charge in [0.05, 0.1) is 31.1 Å². The van der Waals surface area contributed by atoms with Gasteiger partial charge in [0, 0.05) is 17.3 Å². The van der Waals surface area contributed by atoms with Crippen LogP contribution in [0.4, 0.5) is 5.69 Å². The van der Waals surface area contributed by atoms with Crippen molar-refractivity contribution in [3.8, 4) is 0 Å². The van der Waals surface area contributed by atoms with E-state index in [9.17, 15) is 13.2 Å². The number of anilines is 1. The lowest BCUT2D eigenvalue weighted by atomic mass is 10.2. The summed E-state index contributed by atoms with van der Waals surface area (Å²) in [5, 5.41) is 0.404. The summed E-state index contributed by atoms with van der Waals surface area (Å²) < 4.78 is 27.1. The number of benzene rings is 2. The van der Waals surface area contributed by atoms with E-state index in [-0.39, 0.29) is 10.8 Å². The minimum absolute atomic E-state index is 0.103. The first-order valence-electron chi connectivity index (χ1n) is 9.43. The third kappa shape index (κ3) is 3.80. The molecular formula is C20H23ClN3O3S+. The number of nitrogens with zero attached hydrogens (tertiary/aromatic N) is 2. The molecule has 28 heavy (non-hydrogen) atoms. The molecule has 1 fully saturated rings. The van der Waals surface area contributed by atoms with Gasteiger partial charge in [-0.25, -0.2) is 8.42 Å². The number of carbonyl (C=O) groups excluding carboxylic acids is 1. The minimum Gasteiger partial charge on any atom is -0.325 e. The number of piperazine rings is 1. The van der Waals surface area contributed by atoms with Crippen molar-refractivity contribution in [1.29, 1.82) is 0 Å². The summed E-state index contributed by atoms with van der Waals surface area (Å²) >= 11 is 5.94. The molecule has 148 valence electrons. The topological polar surface area (TPSA) is 62.1 Å². The molecule has 0 saturated carbocycles. The summed E-state index contributed by atoms with van der Waals surface area (Å²) in [4.78, 5) is 16.0. The van der Waals surface area contributed by atoms with Gasteiger partial charge in [0.2, 0.25) is 10.0 Å². The Labute approximate surface area is 170 Å². The second-order valence-corrected chi connectivity index (χ2v) is 9.59. The largest absolute Gasteiger partial charge is 0.325 e. The second kappa shape index (κ2) is 7.83. The maximum Gasteiger partial charge on any atom is 0.282 e. The molecule has 1 N–H and O–H groups in total. The number of halogens is 1. The molecule has 2 aromatic rings. The van der Waals surface area contributed by atoms with Crippen molar-refractivity contribution in [3.05, 3.63) is 59.1 Å². The summed E-state index contributed by atoms with van der Waals surface area (Å²) in [6, 6.07) is 14.3. The van der Waals surface area contributed by atoms with E-state index < -0.39 is 10.0 Å². The van der Waals surface area contributed by atoms with Gasteiger partial charge in [0.15, 0.2) is 6.54 Å². The Kier molecular flexibility index (Phi) is 5.42. The maximum absolute atomic E-state index is 12.8. The number of hydrogen-bond acceptors (Lipinski definition) is 3. The zero-order chi connectivity index (χ0) is 19.7. The number of nitrogens with one attached hydrogen (secondary N) is 1. The highest BCUT2D eigenvalue weighted by atomic mass is 35.5. The third-order valence-corrected chi connectivity index (χ3v) is 7.58. The lowest BCUT2D eigenvalue weighted by Gasteiger charge is -2.32. The van der Waals surface area contributed by atoms with Crippen molar-refractivity contribution < 1.29 is 18.1 Å². The molecule has 0 bridgehead atoms. The number of hydrogen-bond donors (Lipinski definition) is 1. The summed E-state index contributed by atoms with van der Waals surface area (Å²) in [6.45, 7) is 3.13. The van der Waals surface area contributed by atoms with Crippen LogP contribution in [0.15, 0.2) is 53.4 Å². The number of amides is 1. The van der Waals surface area contributed by atoms with E-state index in [4.69, 9.17) is 11.6 Å². The average Bonchev–Trinajstić information content (AvgIpc) is 3.13. The predicted octanol–water partition coefficient (Wildman–Crippen LogP) is 0.819. The lowest BCUT2D eigenvalue weighted by Crippen LogP contribution is -3.15. The van der Waals surface area contributed by atoms with E-state index >= 15 is 0 Å². The molecule has 2 aliphatic heterocycles. The van der Waals surface area contributed by atoms with E-state index in [0.717, 1.165) is 23.6 Å². The fraction of sp³-hybridized carbons (Fsp3) is 0.350. The van der Waals surface area contributed by atoms with Crippen LogP contribution < -0.4 is 9.80 Å². The monoisotopic (exact) mass is 420 g/mol. The van der Waals surface area contributed by atoms with Gasteiger partial charge in [-0.3, -0.25) is 4.79 Å². The van der Waals surface area contributed by atoms with Crippen molar-refractivity contribution >= 4 is 33.2 Å². The van der Waals surface area contributed by atoms with Crippen LogP contribution in [0.2, 0.25) is 5.02 Å². The molecule has 6 nitrogen and oxygen atoms in total. The summed E-state index contributed by atoms with van der Waals surface area (Å²) in [7, 11) is -3.55. The molecule has 0 atom stereocenters. The van der Waals surface area contributed by atoms with Crippen molar-refractivity contribution in [1.82, 2.24) is 4.31 Å². The lowest BCUT2D eigenvalue weighted by molar-refractivity contribution is -0.895. The smallest absolute Gasteiger partial charge is 0.282 e. The van der Waals surface area contributed by atoms with Gasteiger partial charge in [-0.2, -0.15) is 4.31 Å². The van der Waals surface area contributed by atoms with Gasteiger partial charge in [-0.1, -0.05) is 35.9 Å². The first kappa shape index (κ1) is 19.4. The van der Waals surface area contributed by atoms with Gasteiger partial charge < -0.3 is 9.80 Å². The standard InChI is InChI=1S/C20H22ClN3O3S/c21-17-5-3-6-18(14-17)28(26,27)23-12-10-22(11-13-23)15-20(25)24-9-8-16-4-1-2-7-19(16)24/h1-7,14H,8-13,15H2/p+1. The van der Waals surface area contributed by atoms with Crippen LogP contribution in [0.3, 0.4) is 0 Å². The molecule has 2 aromatic carbocycles. The molecule has 0 radical (unpaired) electrons. The molecule has 1 saturated heterocycles. The first-order valence-corrected chi connectivity index (χ1v) is 11.2. The Morgan fingerprint density at radius 3 is 2.54 bits per heavy atom. The normalized spacial score (nSPS) is 18.2. The third-order valence-electron chi connectivity index (χ3n) is 5.45. The van der Waals surface area contributed by atoms with Crippen molar-refractivity contribution in [2.24, 2.45) is 0 Å². The van der Waals surface area contributed by atoms with Crippen LogP contribution in [0.1, 0.15) is 5.56 Å². The molecule has 8 heteroatoms. The van der Waals surface area contributed by atoms with Gasteiger partial charge in [0.1, 0.15) is 0 Å². The predicted molar refractivity (Wildman–Crippen MR) is 108 cm³/mol. The molecule has 4 rings (SSSR count). The van der Waals surface area contributed by atoms with Crippen LogP contribution in [-0.2, 0) is 21.2 Å². The highest BCUT2D eigenvalue weighted by molar-refractivity contribution is 7.89. The van der Waals surface area contributed by atoms with E-state index in [1.165, 1.54) is 15.9 Å². The molecular weight excluding hydrogens is 398 g/mol. The fourth-order valence-electron chi connectivity index (χ4n) is 3.90. The van der Waals surface area contributed by atoms with Gasteiger partial charge in [0.25, 0.3) is 5.91 Å². The SMILES string of the molecule is O=C(C[NH+]1CCN(S(=O)(=O)c2cccc(Cl)c2)CC1)N1CCc2ccccc21. The van der Waals surface area contributed by atoms with Gasteiger partial charge in [-0.05, 0) is 36.2 Å². The molecule has 0 aromatic heterocycles. The number of quaternary nitrogens is 1. The van der Waals surface area contributed by atoms with Gasteiger partial charge in [-0.15, -0.1) is 0 Å². The molecule has 1 amide bonds. The summed E-state index contributed by atoms with van der Waals surface area (Å²) in [5.74, 6) is 0.103. The molecule has 0 spiro atoms. The quantitative estimate of drug-likeness (QED) is 0.796. The van der Waals surface area contributed by atoms with E-state index in [0.29, 0.717) is 37.7 Å².